The highest BCUT2D eigenvalue weighted by molar-refractivity contribution is 5.32. The molecule has 0 radical (unpaired) electrons. The molecule has 0 amide bonds. The zero-order valence-corrected chi connectivity index (χ0v) is 11.7. The molecule has 2 aromatic carbocycles. The molecule has 0 fully saturated rings. The fourth-order valence-corrected chi connectivity index (χ4v) is 2.64. The number of benzene rings is 2. The van der Waals surface area contributed by atoms with Gasteiger partial charge in [0.2, 0.25) is 0 Å². The second kappa shape index (κ2) is 6.42. The summed E-state index contributed by atoms with van der Waals surface area (Å²) in [6, 6.07) is 18.8. The summed E-state index contributed by atoms with van der Waals surface area (Å²) in [5.41, 5.74) is 2.60. The Morgan fingerprint density at radius 1 is 0.950 bits per heavy atom. The van der Waals surface area contributed by atoms with Gasteiger partial charge in [0.25, 0.3) is 0 Å². The number of ether oxygens (including phenoxy) is 1. The van der Waals surface area contributed by atoms with Gasteiger partial charge in [0.05, 0.1) is 0 Å². The van der Waals surface area contributed by atoms with Crippen molar-refractivity contribution in [3.05, 3.63) is 77.9 Å². The molecule has 0 spiro atoms. The minimum Gasteiger partial charge on any atom is -0.489 e. The molecule has 1 aliphatic rings. The summed E-state index contributed by atoms with van der Waals surface area (Å²) in [7, 11) is 0. The highest BCUT2D eigenvalue weighted by Crippen LogP contribution is 2.28. The van der Waals surface area contributed by atoms with Gasteiger partial charge in [-0.05, 0) is 42.5 Å². The van der Waals surface area contributed by atoms with E-state index in [1.165, 1.54) is 30.4 Å². The van der Waals surface area contributed by atoms with E-state index in [0.29, 0.717) is 12.5 Å². The van der Waals surface area contributed by atoms with Crippen molar-refractivity contribution in [2.45, 2.75) is 31.8 Å². The Balaban J connectivity index is 1.61. The zero-order chi connectivity index (χ0) is 13.6. The van der Waals surface area contributed by atoms with Gasteiger partial charge in [-0.1, -0.05) is 54.6 Å². The van der Waals surface area contributed by atoms with Gasteiger partial charge in [0.15, 0.2) is 0 Å². The van der Waals surface area contributed by atoms with Crippen molar-refractivity contribution in [2.75, 3.05) is 0 Å². The van der Waals surface area contributed by atoms with Gasteiger partial charge in [-0.3, -0.25) is 0 Å². The Bertz CT molecular complexity index is 554. The van der Waals surface area contributed by atoms with E-state index in [1.54, 1.807) is 0 Å². The van der Waals surface area contributed by atoms with E-state index in [0.717, 1.165) is 5.75 Å². The third-order valence-corrected chi connectivity index (χ3v) is 3.81. The maximum Gasteiger partial charge on any atom is 0.119 e. The predicted octanol–water partition coefficient (Wildman–Crippen LogP) is 5.09. The molecular formula is C19H20O. The highest BCUT2D eigenvalue weighted by Gasteiger charge is 2.10. The van der Waals surface area contributed by atoms with E-state index in [1.807, 2.05) is 18.2 Å². The molecule has 1 aliphatic carbocycles. The van der Waals surface area contributed by atoms with Crippen LogP contribution in [0, 0.1) is 0 Å². The molecule has 2 aromatic rings. The Morgan fingerprint density at radius 3 is 2.45 bits per heavy atom. The van der Waals surface area contributed by atoms with E-state index in [9.17, 15) is 0 Å². The third-order valence-electron chi connectivity index (χ3n) is 3.81. The van der Waals surface area contributed by atoms with Crippen LogP contribution in [0.4, 0.5) is 0 Å². The molecule has 1 atom stereocenters. The maximum atomic E-state index is 5.82. The van der Waals surface area contributed by atoms with Gasteiger partial charge in [-0.2, -0.15) is 0 Å². The van der Waals surface area contributed by atoms with Crippen molar-refractivity contribution in [1.82, 2.24) is 0 Å². The summed E-state index contributed by atoms with van der Waals surface area (Å²) < 4.78 is 5.82. The molecule has 1 heteroatoms. The molecule has 0 aromatic heterocycles. The molecule has 0 heterocycles. The molecule has 0 aliphatic heterocycles. The summed E-state index contributed by atoms with van der Waals surface area (Å²) in [5, 5.41) is 0. The quantitative estimate of drug-likeness (QED) is 0.699. The van der Waals surface area contributed by atoms with Gasteiger partial charge in [-0.25, -0.2) is 0 Å². The number of hydrogen-bond donors (Lipinski definition) is 0. The van der Waals surface area contributed by atoms with Crippen LogP contribution >= 0.6 is 0 Å². The normalized spacial score (nSPS) is 17.9. The van der Waals surface area contributed by atoms with Crippen molar-refractivity contribution in [3.63, 3.8) is 0 Å². The van der Waals surface area contributed by atoms with E-state index in [2.05, 4.69) is 48.6 Å². The number of rotatable bonds is 4. The molecule has 102 valence electrons. The largest absolute Gasteiger partial charge is 0.489 e. The first-order chi connectivity index (χ1) is 9.92. The van der Waals surface area contributed by atoms with Crippen LogP contribution in [0.1, 0.15) is 36.3 Å². The predicted molar refractivity (Wildman–Crippen MR) is 82.9 cm³/mol. The van der Waals surface area contributed by atoms with Crippen LogP contribution < -0.4 is 4.74 Å². The lowest BCUT2D eigenvalue weighted by molar-refractivity contribution is 0.306. The van der Waals surface area contributed by atoms with Crippen molar-refractivity contribution in [3.8, 4) is 5.75 Å². The molecular weight excluding hydrogens is 244 g/mol. The summed E-state index contributed by atoms with van der Waals surface area (Å²) in [5.74, 6) is 1.53. The van der Waals surface area contributed by atoms with E-state index < -0.39 is 0 Å². The molecule has 0 saturated heterocycles. The monoisotopic (exact) mass is 264 g/mol. The minimum atomic E-state index is 0.590. The van der Waals surface area contributed by atoms with E-state index in [-0.39, 0.29) is 0 Å². The van der Waals surface area contributed by atoms with Crippen LogP contribution in [-0.4, -0.2) is 0 Å². The Kier molecular flexibility index (Phi) is 4.17. The van der Waals surface area contributed by atoms with Gasteiger partial charge >= 0.3 is 0 Å². The Morgan fingerprint density at radius 2 is 1.75 bits per heavy atom. The third kappa shape index (κ3) is 3.30. The summed E-state index contributed by atoms with van der Waals surface area (Å²) in [6.07, 6.45) is 8.43. The van der Waals surface area contributed by atoms with Crippen LogP contribution in [-0.2, 0) is 6.61 Å². The molecule has 0 N–H and O–H groups in total. The average Bonchev–Trinajstić information content (AvgIpc) is 2.55. The molecule has 0 bridgehead atoms. The van der Waals surface area contributed by atoms with Crippen LogP contribution in [0.15, 0.2) is 66.7 Å². The van der Waals surface area contributed by atoms with E-state index >= 15 is 0 Å². The van der Waals surface area contributed by atoms with Crippen molar-refractivity contribution < 1.29 is 4.74 Å². The van der Waals surface area contributed by atoms with Gasteiger partial charge in [0, 0.05) is 5.92 Å². The molecule has 20 heavy (non-hydrogen) atoms. The van der Waals surface area contributed by atoms with Gasteiger partial charge < -0.3 is 4.74 Å². The number of hydrogen-bond acceptors (Lipinski definition) is 1. The second-order valence-electron chi connectivity index (χ2n) is 5.31. The topological polar surface area (TPSA) is 9.23 Å². The minimum absolute atomic E-state index is 0.590. The second-order valence-corrected chi connectivity index (χ2v) is 5.31. The first kappa shape index (κ1) is 13.0. The smallest absolute Gasteiger partial charge is 0.119 e. The summed E-state index contributed by atoms with van der Waals surface area (Å²) >= 11 is 0. The van der Waals surface area contributed by atoms with Crippen molar-refractivity contribution >= 4 is 0 Å². The SMILES string of the molecule is C1=CC(c2ccc(OCc3ccccc3)cc2)CCC1. The first-order valence-corrected chi connectivity index (χ1v) is 7.35. The summed E-state index contributed by atoms with van der Waals surface area (Å²) in [4.78, 5) is 0. The van der Waals surface area contributed by atoms with Gasteiger partial charge in [0.1, 0.15) is 12.4 Å². The first-order valence-electron chi connectivity index (χ1n) is 7.35. The Hall–Kier alpha value is -2.02. The number of allylic oxidation sites excluding steroid dienone is 2. The lowest BCUT2D eigenvalue weighted by Crippen LogP contribution is -1.99. The van der Waals surface area contributed by atoms with Crippen molar-refractivity contribution in [2.24, 2.45) is 0 Å². The van der Waals surface area contributed by atoms with Gasteiger partial charge in [-0.15, -0.1) is 0 Å². The highest BCUT2D eigenvalue weighted by atomic mass is 16.5. The molecule has 3 rings (SSSR count). The standard InChI is InChI=1S/C19H20O/c1-3-7-16(8-4-1)15-20-19-13-11-18(12-14-19)17-9-5-2-6-10-17/h1,3-5,7-9,11-14,17H,2,6,10,15H2. The molecule has 1 unspecified atom stereocenters. The lowest BCUT2D eigenvalue weighted by Gasteiger charge is -2.17. The van der Waals surface area contributed by atoms with Crippen LogP contribution in [0.2, 0.25) is 0 Å². The summed E-state index contributed by atoms with van der Waals surface area (Å²) in [6.45, 7) is 0.628. The Labute approximate surface area is 120 Å². The maximum absolute atomic E-state index is 5.82. The van der Waals surface area contributed by atoms with Crippen molar-refractivity contribution in [1.29, 1.82) is 0 Å². The molecule has 1 nitrogen and oxygen atoms in total. The van der Waals surface area contributed by atoms with Crippen LogP contribution in [0.3, 0.4) is 0 Å². The fraction of sp³-hybridized carbons (Fsp3) is 0.263. The van der Waals surface area contributed by atoms with Crippen LogP contribution in [0.5, 0.6) is 5.75 Å². The average molecular weight is 264 g/mol. The lowest BCUT2D eigenvalue weighted by atomic mass is 9.89. The molecule has 0 saturated carbocycles. The van der Waals surface area contributed by atoms with Crippen LogP contribution in [0.25, 0.3) is 0 Å². The fourth-order valence-electron chi connectivity index (χ4n) is 2.64. The zero-order valence-electron chi connectivity index (χ0n) is 11.7. The van der Waals surface area contributed by atoms with E-state index in [4.69, 9.17) is 4.74 Å².